The zero-order chi connectivity index (χ0) is 25.6. The number of aryl methyl sites for hydroxylation is 2. The van der Waals surface area contributed by atoms with Gasteiger partial charge < -0.3 is 20.1 Å². The topological polar surface area (TPSA) is 69.9 Å². The Morgan fingerprint density at radius 2 is 1.12 bits per heavy atom. The molecule has 0 atom stereocenters. The fourth-order valence-corrected chi connectivity index (χ4v) is 4.58. The lowest BCUT2D eigenvalue weighted by Gasteiger charge is -2.28. The number of para-hydroxylation sites is 1. The van der Waals surface area contributed by atoms with Gasteiger partial charge in [0, 0.05) is 11.5 Å². The Morgan fingerprint density at radius 3 is 1.50 bits per heavy atom. The third-order valence-corrected chi connectivity index (χ3v) is 6.49. The summed E-state index contributed by atoms with van der Waals surface area (Å²) in [7, 11) is 1.54. The van der Waals surface area contributed by atoms with Crippen LogP contribution < -0.4 is 4.74 Å². The Morgan fingerprint density at radius 1 is 0.676 bits per heavy atom. The molecule has 3 N–H and O–H groups in total. The summed E-state index contributed by atoms with van der Waals surface area (Å²) in [5, 5.41) is 32.9. The van der Waals surface area contributed by atoms with Crippen LogP contribution in [0.3, 0.4) is 0 Å². The van der Waals surface area contributed by atoms with E-state index in [1.54, 1.807) is 13.2 Å². The van der Waals surface area contributed by atoms with Crippen LogP contribution in [0, 0.1) is 13.8 Å². The van der Waals surface area contributed by atoms with E-state index in [1.165, 1.54) is 0 Å². The van der Waals surface area contributed by atoms with Crippen molar-refractivity contribution in [1.82, 2.24) is 0 Å². The molecule has 4 nitrogen and oxygen atoms in total. The Kier molecular flexibility index (Phi) is 6.67. The molecule has 0 saturated carbocycles. The molecule has 0 radical (unpaired) electrons. The minimum atomic E-state index is -0.337. The van der Waals surface area contributed by atoms with Crippen LogP contribution in [0.25, 0.3) is 0 Å². The molecule has 3 aromatic carbocycles. The van der Waals surface area contributed by atoms with Crippen molar-refractivity contribution in [3.63, 3.8) is 0 Å². The molecule has 0 spiro atoms. The van der Waals surface area contributed by atoms with E-state index in [-0.39, 0.29) is 22.5 Å². The summed E-state index contributed by atoms with van der Waals surface area (Å²) < 4.78 is 5.42. The number of hydrogen-bond donors (Lipinski definition) is 3. The number of phenols is 3. The van der Waals surface area contributed by atoms with Crippen molar-refractivity contribution in [2.45, 2.75) is 72.1 Å². The molecule has 0 amide bonds. The first kappa shape index (κ1) is 25.5. The van der Waals surface area contributed by atoms with Gasteiger partial charge in [0.05, 0.1) is 7.11 Å². The molecule has 4 heteroatoms. The molecule has 0 bridgehead atoms. The van der Waals surface area contributed by atoms with Crippen molar-refractivity contribution >= 4 is 0 Å². The maximum Gasteiger partial charge on any atom is 0.161 e. The van der Waals surface area contributed by atoms with Crippen LogP contribution in [0.5, 0.6) is 23.0 Å². The largest absolute Gasteiger partial charge is 0.507 e. The molecule has 0 heterocycles. The third kappa shape index (κ3) is 4.72. The molecule has 34 heavy (non-hydrogen) atoms. The van der Waals surface area contributed by atoms with Crippen LogP contribution in [0.4, 0.5) is 0 Å². The third-order valence-electron chi connectivity index (χ3n) is 6.49. The van der Waals surface area contributed by atoms with Gasteiger partial charge in [0.2, 0.25) is 0 Å². The molecule has 0 aliphatic rings. The fraction of sp³-hybridized carbons (Fsp3) is 0.400. The Bertz CT molecular complexity index is 1140. The molecular formula is C30H38O4. The van der Waals surface area contributed by atoms with Gasteiger partial charge >= 0.3 is 0 Å². The lowest BCUT2D eigenvalue weighted by Crippen LogP contribution is -2.16. The van der Waals surface area contributed by atoms with Gasteiger partial charge in [-0.25, -0.2) is 0 Å². The molecule has 0 fully saturated rings. The fourth-order valence-electron chi connectivity index (χ4n) is 4.58. The molecule has 0 unspecified atom stereocenters. The van der Waals surface area contributed by atoms with Crippen molar-refractivity contribution in [2.24, 2.45) is 0 Å². The van der Waals surface area contributed by atoms with Gasteiger partial charge in [0.25, 0.3) is 0 Å². The second-order valence-electron chi connectivity index (χ2n) is 11.3. The monoisotopic (exact) mass is 462 g/mol. The molecule has 0 aliphatic heterocycles. The highest BCUT2D eigenvalue weighted by Crippen LogP contribution is 2.46. The standard InChI is InChI=1S/C30H38O4/c1-17-13-19(15-22(26(17)31)29(3,4)5)25(21-11-10-12-24(34-9)28(21)33)20-14-18(2)27(32)23(16-20)30(6,7)8/h10-16,25,31-33H,1-9H3. The summed E-state index contributed by atoms with van der Waals surface area (Å²) in [4.78, 5) is 0. The van der Waals surface area contributed by atoms with Gasteiger partial charge in [-0.15, -0.1) is 0 Å². The van der Waals surface area contributed by atoms with E-state index < -0.39 is 0 Å². The van der Waals surface area contributed by atoms with Gasteiger partial charge in [0.15, 0.2) is 11.5 Å². The van der Waals surface area contributed by atoms with Crippen molar-refractivity contribution in [3.05, 3.63) is 81.4 Å². The second kappa shape index (κ2) is 8.90. The number of rotatable bonds is 4. The number of aromatic hydroxyl groups is 3. The Balaban J connectivity index is 2.43. The molecule has 0 aromatic heterocycles. The normalized spacial score (nSPS) is 12.3. The second-order valence-corrected chi connectivity index (χ2v) is 11.3. The van der Waals surface area contributed by atoms with Crippen LogP contribution >= 0.6 is 0 Å². The molecule has 0 aliphatic carbocycles. The molecule has 3 aromatic rings. The van der Waals surface area contributed by atoms with E-state index in [4.69, 9.17) is 4.74 Å². The average Bonchev–Trinajstić information content (AvgIpc) is 2.72. The van der Waals surface area contributed by atoms with Crippen molar-refractivity contribution < 1.29 is 20.1 Å². The SMILES string of the molecule is COc1cccc(C(c2cc(C)c(O)c(C(C)(C)C)c2)c2cc(C)c(O)c(C(C)(C)C)c2)c1O. The number of benzene rings is 3. The lowest BCUT2D eigenvalue weighted by atomic mass is 9.76. The number of phenolic OH excluding ortho intramolecular Hbond substituents is 3. The molecule has 3 rings (SSSR count). The predicted molar refractivity (Wildman–Crippen MR) is 139 cm³/mol. The van der Waals surface area contributed by atoms with Gasteiger partial charge in [0.1, 0.15) is 11.5 Å². The van der Waals surface area contributed by atoms with Crippen LogP contribution in [0.1, 0.15) is 86.4 Å². The molecule has 182 valence electrons. The number of methoxy groups -OCH3 is 1. The Hall–Kier alpha value is -3.14. The minimum Gasteiger partial charge on any atom is -0.507 e. The van der Waals surface area contributed by atoms with E-state index in [0.29, 0.717) is 22.8 Å². The first-order valence-corrected chi connectivity index (χ1v) is 11.7. The zero-order valence-electron chi connectivity index (χ0n) is 21.9. The number of ether oxygens (including phenoxy) is 1. The van der Waals surface area contributed by atoms with Gasteiger partial charge in [-0.2, -0.15) is 0 Å². The van der Waals surface area contributed by atoms with E-state index in [9.17, 15) is 15.3 Å². The maximum atomic E-state index is 11.2. The Labute approximate surface area is 203 Å². The van der Waals surface area contributed by atoms with Crippen LogP contribution in [-0.2, 0) is 10.8 Å². The molecular weight excluding hydrogens is 424 g/mol. The maximum absolute atomic E-state index is 11.2. The van der Waals surface area contributed by atoms with Crippen molar-refractivity contribution in [2.75, 3.05) is 7.11 Å². The van der Waals surface area contributed by atoms with E-state index in [1.807, 2.05) is 50.2 Å². The summed E-state index contributed by atoms with van der Waals surface area (Å²) in [6.45, 7) is 16.3. The minimum absolute atomic E-state index is 0.0843. The summed E-state index contributed by atoms with van der Waals surface area (Å²) in [5.41, 5.74) is 5.32. The summed E-state index contributed by atoms with van der Waals surface area (Å²) in [5.74, 6) is 0.738. The summed E-state index contributed by atoms with van der Waals surface area (Å²) >= 11 is 0. The quantitative estimate of drug-likeness (QED) is 0.358. The number of hydrogen-bond acceptors (Lipinski definition) is 4. The van der Waals surface area contributed by atoms with E-state index in [2.05, 4.69) is 41.5 Å². The highest BCUT2D eigenvalue weighted by molar-refractivity contribution is 5.59. The first-order valence-electron chi connectivity index (χ1n) is 11.7. The highest BCUT2D eigenvalue weighted by atomic mass is 16.5. The van der Waals surface area contributed by atoms with Gasteiger partial charge in [-0.05, 0) is 64.1 Å². The van der Waals surface area contributed by atoms with E-state index in [0.717, 1.165) is 33.4 Å². The summed E-state index contributed by atoms with van der Waals surface area (Å²) in [6.07, 6.45) is 0. The van der Waals surface area contributed by atoms with Crippen LogP contribution in [0.2, 0.25) is 0 Å². The zero-order valence-corrected chi connectivity index (χ0v) is 21.9. The summed E-state index contributed by atoms with van der Waals surface area (Å²) in [6, 6.07) is 13.5. The molecule has 0 saturated heterocycles. The highest BCUT2D eigenvalue weighted by Gasteiger charge is 2.29. The van der Waals surface area contributed by atoms with Gasteiger partial charge in [-0.1, -0.05) is 77.9 Å². The van der Waals surface area contributed by atoms with Crippen LogP contribution in [0.15, 0.2) is 42.5 Å². The average molecular weight is 463 g/mol. The van der Waals surface area contributed by atoms with Crippen molar-refractivity contribution in [1.29, 1.82) is 0 Å². The van der Waals surface area contributed by atoms with Gasteiger partial charge in [-0.3, -0.25) is 0 Å². The lowest BCUT2D eigenvalue weighted by molar-refractivity contribution is 0.370. The van der Waals surface area contributed by atoms with Crippen LogP contribution in [-0.4, -0.2) is 22.4 Å². The first-order chi connectivity index (χ1) is 15.7. The smallest absolute Gasteiger partial charge is 0.161 e. The van der Waals surface area contributed by atoms with E-state index >= 15 is 0 Å². The predicted octanol–water partition coefficient (Wildman–Crippen LogP) is 7.20. The van der Waals surface area contributed by atoms with Crippen molar-refractivity contribution in [3.8, 4) is 23.0 Å².